The maximum Gasteiger partial charge on any atom is 0.341 e. The van der Waals surface area contributed by atoms with Crippen molar-refractivity contribution >= 4 is 28.5 Å². The van der Waals surface area contributed by atoms with Gasteiger partial charge in [-0.3, -0.25) is 9.59 Å². The Balaban J connectivity index is 2.83. The van der Waals surface area contributed by atoms with Crippen LogP contribution in [-0.4, -0.2) is 22.0 Å². The van der Waals surface area contributed by atoms with Crippen molar-refractivity contribution in [3.8, 4) is 0 Å². The molecule has 21 heavy (non-hydrogen) atoms. The van der Waals surface area contributed by atoms with Gasteiger partial charge in [0.15, 0.2) is 0 Å². The van der Waals surface area contributed by atoms with Crippen molar-refractivity contribution in [1.82, 2.24) is 4.98 Å². The van der Waals surface area contributed by atoms with Gasteiger partial charge in [-0.1, -0.05) is 26.0 Å². The van der Waals surface area contributed by atoms with Crippen LogP contribution in [-0.2, 0) is 4.79 Å². The highest BCUT2D eigenvalue weighted by molar-refractivity contribution is 6.02. The van der Waals surface area contributed by atoms with Crippen molar-refractivity contribution in [2.24, 2.45) is 0 Å². The first-order valence-corrected chi connectivity index (χ1v) is 6.52. The molecule has 1 amide bonds. The molecule has 0 radical (unpaired) electrons. The summed E-state index contributed by atoms with van der Waals surface area (Å²) < 4.78 is 0. The molecule has 110 valence electrons. The summed E-state index contributed by atoms with van der Waals surface area (Å²) in [5, 5.41) is 12.3. The number of carbonyl (C=O) groups excluding carboxylic acids is 1. The van der Waals surface area contributed by atoms with Gasteiger partial charge in [0.2, 0.25) is 5.91 Å². The van der Waals surface area contributed by atoms with Crippen LogP contribution in [0.4, 0.5) is 5.69 Å². The number of hydrogen-bond donors (Lipinski definition) is 3. The van der Waals surface area contributed by atoms with E-state index in [1.54, 1.807) is 6.07 Å². The summed E-state index contributed by atoms with van der Waals surface area (Å²) in [5.41, 5.74) is 0.808. The van der Waals surface area contributed by atoms with Crippen LogP contribution >= 0.6 is 0 Å². The number of hydrogen-bond acceptors (Lipinski definition) is 3. The molecule has 1 aromatic carbocycles. The number of pyridine rings is 1. The summed E-state index contributed by atoms with van der Waals surface area (Å²) >= 11 is 0. The predicted molar refractivity (Wildman–Crippen MR) is 79.9 cm³/mol. The Morgan fingerprint density at radius 2 is 1.95 bits per heavy atom. The fourth-order valence-electron chi connectivity index (χ4n) is 2.24. The van der Waals surface area contributed by atoms with Crippen molar-refractivity contribution in [2.45, 2.75) is 26.7 Å². The first kappa shape index (κ1) is 14.8. The molecule has 0 aliphatic carbocycles. The van der Waals surface area contributed by atoms with Gasteiger partial charge in [0.05, 0.1) is 11.2 Å². The number of aromatic amines is 1. The number of H-pyrrole nitrogens is 1. The second kappa shape index (κ2) is 5.40. The van der Waals surface area contributed by atoms with E-state index in [1.165, 1.54) is 13.0 Å². The quantitative estimate of drug-likeness (QED) is 0.807. The maximum atomic E-state index is 11.8. The summed E-state index contributed by atoms with van der Waals surface area (Å²) in [6.07, 6.45) is 0. The highest BCUT2D eigenvalue weighted by Crippen LogP contribution is 2.30. The molecular formula is C15H16N2O4. The number of fused-ring (bicyclic) bond motifs is 1. The lowest BCUT2D eigenvalue weighted by atomic mass is 9.98. The van der Waals surface area contributed by atoms with Gasteiger partial charge in [-0.2, -0.15) is 0 Å². The number of anilines is 1. The second-order valence-electron chi connectivity index (χ2n) is 5.15. The summed E-state index contributed by atoms with van der Waals surface area (Å²) in [5.74, 6) is -1.40. The Morgan fingerprint density at radius 1 is 1.29 bits per heavy atom. The molecule has 0 unspecified atom stereocenters. The van der Waals surface area contributed by atoms with Crippen LogP contribution in [0.5, 0.6) is 0 Å². The number of amides is 1. The zero-order chi connectivity index (χ0) is 15.7. The number of carboxylic acids is 1. The first-order chi connectivity index (χ1) is 9.81. The number of carbonyl (C=O) groups is 2. The number of aromatic nitrogens is 1. The minimum atomic E-state index is -1.29. The monoisotopic (exact) mass is 288 g/mol. The molecule has 3 N–H and O–H groups in total. The molecule has 6 nitrogen and oxygen atoms in total. The normalized spacial score (nSPS) is 10.9. The predicted octanol–water partition coefficient (Wildman–Crippen LogP) is 2.31. The lowest BCUT2D eigenvalue weighted by Gasteiger charge is -2.16. The zero-order valence-corrected chi connectivity index (χ0v) is 12.0. The van der Waals surface area contributed by atoms with Gasteiger partial charge >= 0.3 is 5.97 Å². The largest absolute Gasteiger partial charge is 0.477 e. The molecule has 2 aromatic rings. The van der Waals surface area contributed by atoms with Gasteiger partial charge < -0.3 is 15.4 Å². The van der Waals surface area contributed by atoms with Crippen molar-refractivity contribution in [1.29, 1.82) is 0 Å². The lowest BCUT2D eigenvalue weighted by Crippen LogP contribution is -2.18. The summed E-state index contributed by atoms with van der Waals surface area (Å²) in [6, 6.07) is 4.87. The number of carboxylic acid groups (broad SMARTS) is 1. The zero-order valence-electron chi connectivity index (χ0n) is 12.0. The number of aromatic carboxylic acids is 1. The Morgan fingerprint density at radius 3 is 2.48 bits per heavy atom. The molecule has 0 atom stereocenters. The van der Waals surface area contributed by atoms with E-state index < -0.39 is 11.5 Å². The van der Waals surface area contributed by atoms with Crippen LogP contribution in [0.1, 0.15) is 42.6 Å². The Bertz CT molecular complexity index is 790. The first-order valence-electron chi connectivity index (χ1n) is 6.52. The van der Waals surface area contributed by atoms with Gasteiger partial charge in [0.25, 0.3) is 5.56 Å². The van der Waals surface area contributed by atoms with Crippen molar-refractivity contribution in [2.75, 3.05) is 5.32 Å². The van der Waals surface area contributed by atoms with Gasteiger partial charge in [0, 0.05) is 12.3 Å². The van der Waals surface area contributed by atoms with Gasteiger partial charge in [-0.05, 0) is 17.5 Å². The summed E-state index contributed by atoms with van der Waals surface area (Å²) in [7, 11) is 0. The summed E-state index contributed by atoms with van der Waals surface area (Å²) in [6.45, 7) is 5.32. The van der Waals surface area contributed by atoms with E-state index in [0.29, 0.717) is 16.6 Å². The van der Waals surface area contributed by atoms with Gasteiger partial charge in [-0.15, -0.1) is 0 Å². The SMILES string of the molecule is CC(=O)Nc1c(C(C)C)ccc2cc(C(=O)O)c(=O)[nH]c12. The average molecular weight is 288 g/mol. The molecule has 0 saturated heterocycles. The minimum absolute atomic E-state index is 0.138. The van der Waals surface area contributed by atoms with Gasteiger partial charge in [0.1, 0.15) is 5.56 Å². The Hall–Kier alpha value is -2.63. The van der Waals surface area contributed by atoms with E-state index in [9.17, 15) is 14.4 Å². The van der Waals surface area contributed by atoms with Crippen LogP contribution in [0, 0.1) is 0 Å². The van der Waals surface area contributed by atoms with E-state index in [-0.39, 0.29) is 17.4 Å². The number of benzene rings is 1. The van der Waals surface area contributed by atoms with E-state index >= 15 is 0 Å². The number of rotatable bonds is 3. The van der Waals surface area contributed by atoms with Crippen LogP contribution < -0.4 is 10.9 Å². The molecule has 0 aliphatic rings. The molecule has 1 heterocycles. The molecule has 1 aromatic heterocycles. The Kier molecular flexibility index (Phi) is 3.80. The van der Waals surface area contributed by atoms with Crippen molar-refractivity contribution < 1.29 is 14.7 Å². The third-order valence-electron chi connectivity index (χ3n) is 3.21. The third-order valence-corrected chi connectivity index (χ3v) is 3.21. The Labute approximate surface area is 120 Å². The van der Waals surface area contributed by atoms with Crippen molar-refractivity contribution in [3.05, 3.63) is 39.7 Å². The van der Waals surface area contributed by atoms with Crippen LogP contribution in [0.15, 0.2) is 23.0 Å². The molecule has 0 bridgehead atoms. The van der Waals surface area contributed by atoms with Crippen LogP contribution in [0.25, 0.3) is 10.9 Å². The molecule has 0 fully saturated rings. The topological polar surface area (TPSA) is 99.3 Å². The second-order valence-corrected chi connectivity index (χ2v) is 5.15. The van der Waals surface area contributed by atoms with Gasteiger partial charge in [-0.25, -0.2) is 4.79 Å². The molecule has 2 rings (SSSR count). The molecule has 0 saturated carbocycles. The van der Waals surface area contributed by atoms with E-state index in [1.807, 2.05) is 19.9 Å². The highest BCUT2D eigenvalue weighted by atomic mass is 16.4. The van der Waals surface area contributed by atoms with E-state index in [2.05, 4.69) is 10.3 Å². The van der Waals surface area contributed by atoms with Crippen LogP contribution in [0.3, 0.4) is 0 Å². The van der Waals surface area contributed by atoms with Crippen molar-refractivity contribution in [3.63, 3.8) is 0 Å². The maximum absolute atomic E-state index is 11.8. The molecule has 0 aliphatic heterocycles. The van der Waals surface area contributed by atoms with Crippen LogP contribution in [0.2, 0.25) is 0 Å². The minimum Gasteiger partial charge on any atom is -0.477 e. The van der Waals surface area contributed by atoms with E-state index in [4.69, 9.17) is 5.11 Å². The molecule has 6 heteroatoms. The fraction of sp³-hybridized carbons (Fsp3) is 0.267. The van der Waals surface area contributed by atoms with E-state index in [0.717, 1.165) is 5.56 Å². The highest BCUT2D eigenvalue weighted by Gasteiger charge is 2.16. The standard InChI is InChI=1S/C15H16N2O4/c1-7(2)10-5-4-9-6-11(15(20)21)14(19)17-12(9)13(10)16-8(3)18/h4-7H,1-3H3,(H,16,18)(H,17,19)(H,20,21). The fourth-order valence-corrected chi connectivity index (χ4v) is 2.24. The average Bonchev–Trinajstić information content (AvgIpc) is 2.37. The lowest BCUT2D eigenvalue weighted by molar-refractivity contribution is -0.114. The third kappa shape index (κ3) is 2.79. The number of nitrogens with one attached hydrogen (secondary N) is 2. The summed E-state index contributed by atoms with van der Waals surface area (Å²) in [4.78, 5) is 36.8. The molecule has 0 spiro atoms. The molecular weight excluding hydrogens is 272 g/mol. The smallest absolute Gasteiger partial charge is 0.341 e.